The molecule has 0 spiro atoms. The first-order valence-corrected chi connectivity index (χ1v) is 6.65. The molecule has 0 radical (unpaired) electrons. The number of amides is 2. The van der Waals surface area contributed by atoms with Gasteiger partial charge in [0.2, 0.25) is 0 Å². The predicted molar refractivity (Wildman–Crippen MR) is 79.5 cm³/mol. The molecular weight excluding hydrogens is 270 g/mol. The van der Waals surface area contributed by atoms with E-state index in [2.05, 4.69) is 15.8 Å². The quantitative estimate of drug-likeness (QED) is 0.848. The van der Waals surface area contributed by atoms with Gasteiger partial charge in [0, 0.05) is 6.07 Å². The van der Waals surface area contributed by atoms with Crippen LogP contribution >= 0.6 is 0 Å². The zero-order valence-electron chi connectivity index (χ0n) is 12.6. The number of benzene rings is 1. The van der Waals surface area contributed by atoms with Gasteiger partial charge in [-0.3, -0.25) is 5.32 Å². The Balaban J connectivity index is 1.87. The van der Waals surface area contributed by atoms with Crippen molar-refractivity contribution in [2.75, 3.05) is 12.0 Å². The van der Waals surface area contributed by atoms with Crippen LogP contribution in [0.25, 0.3) is 0 Å². The predicted octanol–water partition coefficient (Wildman–Crippen LogP) is 3.07. The molecule has 0 aliphatic carbocycles. The van der Waals surface area contributed by atoms with Crippen LogP contribution in [0.2, 0.25) is 0 Å². The maximum absolute atomic E-state index is 11.7. The normalized spacial score (nSPS) is 10.3. The summed E-state index contributed by atoms with van der Waals surface area (Å²) in [5.41, 5.74) is 3.26. The summed E-state index contributed by atoms with van der Waals surface area (Å²) in [7, 11) is 0. The molecule has 6 heteroatoms. The number of nitrogens with one attached hydrogen (secondary N) is 2. The first-order valence-electron chi connectivity index (χ1n) is 6.65. The highest BCUT2D eigenvalue weighted by atomic mass is 16.5. The Kier molecular flexibility index (Phi) is 4.47. The van der Waals surface area contributed by atoms with Crippen molar-refractivity contribution >= 4 is 11.8 Å². The maximum Gasteiger partial charge on any atom is 0.323 e. The highest BCUT2D eigenvalue weighted by Crippen LogP contribution is 2.25. The van der Waals surface area contributed by atoms with Crippen molar-refractivity contribution in [1.29, 1.82) is 0 Å². The number of urea groups is 1. The molecule has 0 bridgehead atoms. The third kappa shape index (κ3) is 3.75. The maximum atomic E-state index is 11.7. The van der Waals surface area contributed by atoms with Gasteiger partial charge in [0.1, 0.15) is 11.5 Å². The van der Waals surface area contributed by atoms with Crippen molar-refractivity contribution in [3.8, 4) is 5.75 Å². The molecule has 2 rings (SSSR count). The van der Waals surface area contributed by atoms with E-state index in [1.54, 1.807) is 13.0 Å². The van der Waals surface area contributed by atoms with Gasteiger partial charge >= 0.3 is 6.03 Å². The Bertz CT molecular complexity index is 650. The largest absolute Gasteiger partial charge is 0.473 e. The van der Waals surface area contributed by atoms with Crippen LogP contribution in [0, 0.1) is 27.7 Å². The molecule has 0 aliphatic rings. The van der Waals surface area contributed by atoms with Crippen molar-refractivity contribution in [3.63, 3.8) is 0 Å². The summed E-state index contributed by atoms with van der Waals surface area (Å²) in [5.74, 6) is 1.80. The van der Waals surface area contributed by atoms with Crippen molar-refractivity contribution in [2.45, 2.75) is 27.7 Å². The van der Waals surface area contributed by atoms with E-state index in [9.17, 15) is 4.79 Å². The topological polar surface area (TPSA) is 76.4 Å². The monoisotopic (exact) mass is 289 g/mol. The second kappa shape index (κ2) is 6.30. The van der Waals surface area contributed by atoms with Crippen LogP contribution in [0.15, 0.2) is 22.7 Å². The molecule has 1 heterocycles. The number of nitrogens with zero attached hydrogens (tertiary/aromatic N) is 1. The zero-order chi connectivity index (χ0) is 15.4. The summed E-state index contributed by atoms with van der Waals surface area (Å²) < 4.78 is 10.5. The summed E-state index contributed by atoms with van der Waals surface area (Å²) in [4.78, 5) is 11.7. The van der Waals surface area contributed by atoms with E-state index >= 15 is 0 Å². The van der Waals surface area contributed by atoms with E-state index in [1.165, 1.54) is 0 Å². The van der Waals surface area contributed by atoms with Gasteiger partial charge in [-0.05, 0) is 44.4 Å². The van der Waals surface area contributed by atoms with Gasteiger partial charge < -0.3 is 14.6 Å². The van der Waals surface area contributed by atoms with E-state index in [1.807, 2.05) is 32.9 Å². The number of carbonyl (C=O) groups excluding carboxylic acids is 1. The molecule has 2 N–H and O–H groups in total. The minimum Gasteiger partial charge on any atom is -0.473 e. The Hall–Kier alpha value is -2.50. The summed E-state index contributed by atoms with van der Waals surface area (Å²) in [6, 6.07) is 5.28. The van der Waals surface area contributed by atoms with Gasteiger partial charge in [0.15, 0.2) is 12.5 Å². The Morgan fingerprint density at radius 2 is 1.95 bits per heavy atom. The van der Waals surface area contributed by atoms with Crippen LogP contribution < -0.4 is 15.4 Å². The minimum atomic E-state index is -0.397. The number of aryl methyl sites for hydroxylation is 3. The fraction of sp³-hybridized carbons (Fsp3) is 0.333. The van der Waals surface area contributed by atoms with Crippen LogP contribution in [-0.4, -0.2) is 17.9 Å². The highest BCUT2D eigenvalue weighted by molar-refractivity contribution is 5.88. The lowest BCUT2D eigenvalue weighted by atomic mass is 10.1. The SMILES string of the molecule is Cc1cc(NC(=O)NCOc2c(C)ccc(C)c2C)no1. The lowest BCUT2D eigenvalue weighted by Crippen LogP contribution is -2.32. The fourth-order valence-corrected chi connectivity index (χ4v) is 1.91. The van der Waals surface area contributed by atoms with Crippen molar-refractivity contribution in [2.24, 2.45) is 0 Å². The van der Waals surface area contributed by atoms with E-state index in [-0.39, 0.29) is 6.73 Å². The van der Waals surface area contributed by atoms with Gasteiger partial charge in [-0.15, -0.1) is 0 Å². The first kappa shape index (κ1) is 14.9. The molecule has 6 nitrogen and oxygen atoms in total. The van der Waals surface area contributed by atoms with E-state index in [0.717, 1.165) is 22.4 Å². The first-order chi connectivity index (χ1) is 9.97. The van der Waals surface area contributed by atoms with Crippen molar-refractivity contribution in [3.05, 3.63) is 40.6 Å². The number of hydrogen-bond donors (Lipinski definition) is 2. The van der Waals surface area contributed by atoms with E-state index in [4.69, 9.17) is 9.26 Å². The molecule has 0 aliphatic heterocycles. The molecule has 0 saturated heterocycles. The van der Waals surface area contributed by atoms with Crippen LogP contribution in [0.4, 0.5) is 10.6 Å². The minimum absolute atomic E-state index is 0.0772. The van der Waals surface area contributed by atoms with Gasteiger partial charge in [-0.2, -0.15) is 0 Å². The van der Waals surface area contributed by atoms with Crippen LogP contribution in [0.1, 0.15) is 22.5 Å². The van der Waals surface area contributed by atoms with Gasteiger partial charge in [-0.1, -0.05) is 17.3 Å². The zero-order valence-corrected chi connectivity index (χ0v) is 12.6. The Morgan fingerprint density at radius 3 is 2.62 bits per heavy atom. The van der Waals surface area contributed by atoms with Gasteiger partial charge in [0.25, 0.3) is 0 Å². The lowest BCUT2D eigenvalue weighted by molar-refractivity contribution is 0.233. The molecular formula is C15H19N3O3. The van der Waals surface area contributed by atoms with E-state index in [0.29, 0.717) is 11.6 Å². The summed E-state index contributed by atoms with van der Waals surface area (Å²) in [6.07, 6.45) is 0. The highest BCUT2D eigenvalue weighted by Gasteiger charge is 2.08. The molecule has 2 amide bonds. The van der Waals surface area contributed by atoms with Gasteiger partial charge in [-0.25, -0.2) is 4.79 Å². The molecule has 1 aromatic heterocycles. The second-order valence-electron chi connectivity index (χ2n) is 4.90. The molecule has 2 aromatic rings. The van der Waals surface area contributed by atoms with Crippen molar-refractivity contribution < 1.29 is 14.1 Å². The molecule has 0 atom stereocenters. The standard InChI is InChI=1S/C15H19N3O3/c1-9-5-6-10(2)14(12(9)4)20-8-16-15(19)17-13-7-11(3)21-18-13/h5-7H,8H2,1-4H3,(H2,16,17,18,19). The number of anilines is 1. The molecule has 21 heavy (non-hydrogen) atoms. The Morgan fingerprint density at radius 1 is 1.24 bits per heavy atom. The summed E-state index contributed by atoms with van der Waals surface area (Å²) in [6.45, 7) is 7.82. The van der Waals surface area contributed by atoms with E-state index < -0.39 is 6.03 Å². The van der Waals surface area contributed by atoms with Crippen molar-refractivity contribution in [1.82, 2.24) is 10.5 Å². The molecule has 0 unspecified atom stereocenters. The summed E-state index contributed by atoms with van der Waals surface area (Å²) >= 11 is 0. The molecule has 0 fully saturated rings. The lowest BCUT2D eigenvalue weighted by Gasteiger charge is -2.14. The number of ether oxygens (including phenoxy) is 1. The number of aromatic nitrogens is 1. The average Bonchev–Trinajstić information content (AvgIpc) is 2.83. The third-order valence-corrected chi connectivity index (χ3v) is 3.19. The fourth-order valence-electron chi connectivity index (χ4n) is 1.91. The summed E-state index contributed by atoms with van der Waals surface area (Å²) in [5, 5.41) is 8.84. The Labute approximate surface area is 123 Å². The second-order valence-corrected chi connectivity index (χ2v) is 4.90. The average molecular weight is 289 g/mol. The third-order valence-electron chi connectivity index (χ3n) is 3.19. The van der Waals surface area contributed by atoms with Gasteiger partial charge in [0.05, 0.1) is 0 Å². The molecule has 112 valence electrons. The number of hydrogen-bond acceptors (Lipinski definition) is 4. The number of carbonyl (C=O) groups is 1. The van der Waals surface area contributed by atoms with Crippen LogP contribution in [0.3, 0.4) is 0 Å². The molecule has 1 aromatic carbocycles. The van der Waals surface area contributed by atoms with Crippen LogP contribution in [0.5, 0.6) is 5.75 Å². The molecule has 0 saturated carbocycles. The smallest absolute Gasteiger partial charge is 0.323 e. The number of rotatable bonds is 4. The van der Waals surface area contributed by atoms with Crippen LogP contribution in [-0.2, 0) is 0 Å².